The predicted molar refractivity (Wildman–Crippen MR) is 81.2 cm³/mol. The van der Waals surface area contributed by atoms with Gasteiger partial charge >= 0.3 is 5.97 Å². The molecule has 7 nitrogen and oxygen atoms in total. The molecule has 0 fully saturated rings. The maximum absolute atomic E-state index is 12.5. The van der Waals surface area contributed by atoms with Gasteiger partial charge in [0.25, 0.3) is 5.56 Å². The van der Waals surface area contributed by atoms with Gasteiger partial charge in [-0.2, -0.15) is 0 Å². The second-order valence-corrected chi connectivity index (χ2v) is 5.72. The van der Waals surface area contributed by atoms with E-state index in [1.54, 1.807) is 16.2 Å². The lowest BCUT2D eigenvalue weighted by Crippen LogP contribution is -2.31. The van der Waals surface area contributed by atoms with Gasteiger partial charge in [0.05, 0.1) is 17.3 Å². The molecule has 0 radical (unpaired) electrons. The number of esters is 1. The first kappa shape index (κ1) is 13.6. The van der Waals surface area contributed by atoms with E-state index in [1.807, 2.05) is 36.0 Å². The number of hydrogen-bond acceptors (Lipinski definition) is 6. The molecular weight excluding hydrogens is 292 g/mol. The molecule has 3 rings (SSSR count). The smallest absolute Gasteiger partial charge is 0.327 e. The monoisotopic (exact) mass is 306 g/mol. The fourth-order valence-corrected chi connectivity index (χ4v) is 3.02. The molecule has 0 N–H and O–H groups in total. The average Bonchev–Trinajstić information content (AvgIpc) is 3.02. The van der Waals surface area contributed by atoms with E-state index in [1.165, 1.54) is 7.11 Å². The fraction of sp³-hybridized carbons (Fsp3) is 0.308. The van der Waals surface area contributed by atoms with Gasteiger partial charge in [0.1, 0.15) is 12.1 Å². The van der Waals surface area contributed by atoms with Gasteiger partial charge in [0.2, 0.25) is 5.95 Å². The van der Waals surface area contributed by atoms with Gasteiger partial charge < -0.3 is 9.64 Å². The van der Waals surface area contributed by atoms with Crippen LogP contribution in [0.25, 0.3) is 15.7 Å². The first-order valence-corrected chi connectivity index (χ1v) is 7.15. The largest absolute Gasteiger partial charge is 0.468 e. The summed E-state index contributed by atoms with van der Waals surface area (Å²) in [4.78, 5) is 25.7. The number of carbonyl (C=O) groups is 1. The normalized spacial score (nSPS) is 11.2. The summed E-state index contributed by atoms with van der Waals surface area (Å²) in [6.07, 6.45) is 0. The summed E-state index contributed by atoms with van der Waals surface area (Å²) in [5, 5.41) is 6.26. The van der Waals surface area contributed by atoms with Crippen molar-refractivity contribution in [3.05, 3.63) is 27.9 Å². The molecule has 0 saturated carbocycles. The van der Waals surface area contributed by atoms with Crippen LogP contribution in [0.5, 0.6) is 0 Å². The van der Waals surface area contributed by atoms with Crippen molar-refractivity contribution < 1.29 is 9.53 Å². The highest BCUT2D eigenvalue weighted by Crippen LogP contribution is 2.26. The van der Waals surface area contributed by atoms with E-state index in [0.29, 0.717) is 11.5 Å². The van der Waals surface area contributed by atoms with Crippen LogP contribution in [0.2, 0.25) is 0 Å². The number of hydrogen-bond donors (Lipinski definition) is 0. The molecule has 0 bridgehead atoms. The molecule has 0 aromatic carbocycles. The van der Waals surface area contributed by atoms with Gasteiger partial charge in [-0.25, -0.2) is 4.68 Å². The number of aromatic nitrogens is 3. The standard InChI is InChI=1S/C13H14N4O3S/c1-15(2)13-14-16(7-11(18)20-3)12(19)9-6-10-8(17(9)13)4-5-21-10/h4-6H,7H2,1-3H3. The maximum Gasteiger partial charge on any atom is 0.327 e. The zero-order chi connectivity index (χ0) is 15.1. The number of methoxy groups -OCH3 is 1. The minimum atomic E-state index is -0.507. The highest BCUT2D eigenvalue weighted by atomic mass is 32.1. The van der Waals surface area contributed by atoms with Crippen molar-refractivity contribution in [2.45, 2.75) is 6.54 Å². The average molecular weight is 306 g/mol. The third kappa shape index (κ3) is 2.07. The summed E-state index contributed by atoms with van der Waals surface area (Å²) in [5.41, 5.74) is 1.13. The van der Waals surface area contributed by atoms with Gasteiger partial charge in [0, 0.05) is 14.1 Å². The molecule has 0 aliphatic rings. The van der Waals surface area contributed by atoms with Gasteiger partial charge in [-0.1, -0.05) is 0 Å². The molecule has 3 aromatic rings. The Kier molecular flexibility index (Phi) is 3.17. The zero-order valence-electron chi connectivity index (χ0n) is 11.9. The Labute approximate surface area is 124 Å². The van der Waals surface area contributed by atoms with Crippen molar-refractivity contribution in [3.63, 3.8) is 0 Å². The van der Waals surface area contributed by atoms with Crippen LogP contribution in [0.1, 0.15) is 0 Å². The van der Waals surface area contributed by atoms with Gasteiger partial charge in [-0.05, 0) is 17.5 Å². The van der Waals surface area contributed by atoms with E-state index in [2.05, 4.69) is 9.84 Å². The third-order valence-electron chi connectivity index (χ3n) is 3.19. The SMILES string of the molecule is COC(=O)Cn1nc(N(C)C)n2c(cc3sccc32)c1=O. The topological polar surface area (TPSA) is 68.8 Å². The number of anilines is 1. The highest BCUT2D eigenvalue weighted by molar-refractivity contribution is 7.17. The first-order chi connectivity index (χ1) is 10.0. The molecule has 0 aliphatic carbocycles. The molecule has 0 aliphatic heterocycles. The summed E-state index contributed by atoms with van der Waals surface area (Å²) in [6, 6.07) is 3.77. The van der Waals surface area contributed by atoms with Crippen molar-refractivity contribution in [1.82, 2.24) is 14.2 Å². The Morgan fingerprint density at radius 3 is 2.86 bits per heavy atom. The third-order valence-corrected chi connectivity index (χ3v) is 4.05. The fourth-order valence-electron chi connectivity index (χ4n) is 2.21. The van der Waals surface area contributed by atoms with Crippen LogP contribution in [-0.2, 0) is 16.1 Å². The van der Waals surface area contributed by atoms with Crippen molar-refractivity contribution in [2.75, 3.05) is 26.1 Å². The Morgan fingerprint density at radius 1 is 1.43 bits per heavy atom. The number of nitrogens with zero attached hydrogens (tertiary/aromatic N) is 4. The molecule has 0 saturated heterocycles. The Balaban J connectivity index is 2.35. The second kappa shape index (κ2) is 4.88. The number of thiophene rings is 1. The minimum Gasteiger partial charge on any atom is -0.468 e. The van der Waals surface area contributed by atoms with Crippen molar-refractivity contribution in [3.8, 4) is 0 Å². The summed E-state index contributed by atoms with van der Waals surface area (Å²) < 4.78 is 8.56. The minimum absolute atomic E-state index is 0.203. The highest BCUT2D eigenvalue weighted by Gasteiger charge is 2.17. The van der Waals surface area contributed by atoms with Crippen molar-refractivity contribution in [2.24, 2.45) is 0 Å². The maximum atomic E-state index is 12.5. The molecular formula is C13H14N4O3S. The van der Waals surface area contributed by atoms with E-state index < -0.39 is 5.97 Å². The lowest BCUT2D eigenvalue weighted by Gasteiger charge is -2.15. The lowest BCUT2D eigenvalue weighted by molar-refractivity contribution is -0.141. The molecule has 0 atom stereocenters. The molecule has 3 aromatic heterocycles. The van der Waals surface area contributed by atoms with Crippen LogP contribution in [0, 0.1) is 0 Å². The van der Waals surface area contributed by atoms with Gasteiger partial charge in [-0.15, -0.1) is 16.4 Å². The molecule has 3 heterocycles. The number of ether oxygens (including phenoxy) is 1. The summed E-state index contributed by atoms with van der Waals surface area (Å²) >= 11 is 1.56. The Hall–Kier alpha value is -2.35. The van der Waals surface area contributed by atoms with E-state index in [9.17, 15) is 9.59 Å². The predicted octanol–water partition coefficient (Wildman–Crippen LogP) is 0.950. The van der Waals surface area contributed by atoms with Crippen LogP contribution < -0.4 is 10.5 Å². The van der Waals surface area contributed by atoms with Gasteiger partial charge in [-0.3, -0.25) is 14.0 Å². The van der Waals surface area contributed by atoms with E-state index in [-0.39, 0.29) is 12.1 Å². The molecule has 0 unspecified atom stereocenters. The number of carbonyl (C=O) groups excluding carboxylic acids is 1. The first-order valence-electron chi connectivity index (χ1n) is 6.27. The van der Waals surface area contributed by atoms with E-state index >= 15 is 0 Å². The number of fused-ring (bicyclic) bond motifs is 3. The molecule has 110 valence electrons. The van der Waals surface area contributed by atoms with Crippen LogP contribution in [0.15, 0.2) is 22.3 Å². The van der Waals surface area contributed by atoms with Crippen LogP contribution in [0.3, 0.4) is 0 Å². The van der Waals surface area contributed by atoms with Crippen LogP contribution in [-0.4, -0.2) is 41.4 Å². The quantitative estimate of drug-likeness (QED) is 0.674. The lowest BCUT2D eigenvalue weighted by atomic mass is 10.5. The summed E-state index contributed by atoms with van der Waals surface area (Å²) in [5.74, 6) is 0.0777. The second-order valence-electron chi connectivity index (χ2n) is 4.77. The van der Waals surface area contributed by atoms with Crippen LogP contribution >= 0.6 is 11.3 Å². The Bertz CT molecular complexity index is 890. The zero-order valence-corrected chi connectivity index (χ0v) is 12.7. The van der Waals surface area contributed by atoms with E-state index in [0.717, 1.165) is 14.9 Å². The van der Waals surface area contributed by atoms with Crippen LogP contribution in [0.4, 0.5) is 5.95 Å². The van der Waals surface area contributed by atoms with E-state index in [4.69, 9.17) is 0 Å². The number of rotatable bonds is 3. The molecule has 0 amide bonds. The summed E-state index contributed by atoms with van der Waals surface area (Å²) in [7, 11) is 4.96. The van der Waals surface area contributed by atoms with Gasteiger partial charge in [0.15, 0.2) is 0 Å². The summed E-state index contributed by atoms with van der Waals surface area (Å²) in [6.45, 7) is -0.203. The molecule has 21 heavy (non-hydrogen) atoms. The molecule has 8 heteroatoms. The van der Waals surface area contributed by atoms with Crippen molar-refractivity contribution >= 4 is 39.0 Å². The Morgan fingerprint density at radius 2 is 2.19 bits per heavy atom. The molecule has 0 spiro atoms. The van der Waals surface area contributed by atoms with Crippen molar-refractivity contribution in [1.29, 1.82) is 0 Å².